The Hall–Kier alpha value is -4.48. The van der Waals surface area contributed by atoms with Gasteiger partial charge in [-0.25, -0.2) is 0 Å². The summed E-state index contributed by atoms with van der Waals surface area (Å²) in [6.45, 7) is 48.4. The zero-order chi connectivity index (χ0) is 70.8. The largest absolute Gasteiger partial charge is 0.508 e. The number of aliphatic hydroxyl groups excluding tert-OH is 8. The van der Waals surface area contributed by atoms with Crippen molar-refractivity contribution in [3.05, 3.63) is 138 Å². The van der Waals surface area contributed by atoms with Crippen LogP contribution in [-0.4, -0.2) is 109 Å². The van der Waals surface area contributed by atoms with Crippen LogP contribution in [0, 0.1) is 73.4 Å². The highest BCUT2D eigenvalue weighted by Crippen LogP contribution is 2.37. The molecule has 1 heterocycles. The van der Waals surface area contributed by atoms with Crippen LogP contribution in [0.4, 0.5) is 0 Å². The Bertz CT molecular complexity index is 2580. The van der Waals surface area contributed by atoms with E-state index in [1.807, 2.05) is 99.6 Å². The van der Waals surface area contributed by atoms with Crippen LogP contribution in [0.15, 0.2) is 120 Å². The molecule has 0 bridgehead atoms. The van der Waals surface area contributed by atoms with Gasteiger partial charge >= 0.3 is 0 Å². The average molecular weight is 1290 g/mol. The molecule has 0 fully saturated rings. The van der Waals surface area contributed by atoms with Crippen molar-refractivity contribution in [2.24, 2.45) is 89.9 Å². The quantitative estimate of drug-likeness (QED) is 0.0160. The number of aromatic hydroxyl groups is 1. The highest BCUT2D eigenvalue weighted by molar-refractivity contribution is 7.80. The molecule has 0 aliphatic carbocycles. The number of para-hydroxylation sites is 1. The van der Waals surface area contributed by atoms with Crippen molar-refractivity contribution in [1.29, 1.82) is 0 Å². The second kappa shape index (κ2) is 42.8. The third kappa shape index (κ3) is 39.1. The van der Waals surface area contributed by atoms with E-state index in [0.717, 1.165) is 54.5 Å². The Kier molecular flexibility index (Phi) is 41.6. The summed E-state index contributed by atoms with van der Waals surface area (Å²) in [4.78, 5) is 7.19. The third-order valence-corrected chi connectivity index (χ3v) is 17.6. The number of guanidine groups is 1. The first kappa shape index (κ1) is 88.6. The molecular weight excluding hydrogens is 1160 g/mol. The number of nitrogens with one attached hydrogen (secondary N) is 1. The smallest absolute Gasteiger partial charge is 0.185 e. The predicted octanol–water partition coefficient (Wildman–Crippen LogP) is 15.4. The van der Waals surface area contributed by atoms with Gasteiger partial charge in [-0.05, 0) is 146 Å². The molecule has 0 saturated heterocycles. The fourth-order valence-electron chi connectivity index (χ4n) is 9.11. The average Bonchev–Trinajstić information content (AvgIpc) is 1.79. The van der Waals surface area contributed by atoms with Gasteiger partial charge in [0.05, 0.1) is 12.2 Å². The van der Waals surface area contributed by atoms with Gasteiger partial charge in [-0.2, -0.15) is 12.6 Å². The van der Waals surface area contributed by atoms with E-state index in [1.54, 1.807) is 12.1 Å². The molecule has 522 valence electrons. The van der Waals surface area contributed by atoms with E-state index in [1.165, 1.54) is 16.5 Å². The number of thiol groups is 1. The van der Waals surface area contributed by atoms with Gasteiger partial charge in [-0.15, -0.1) is 0 Å². The van der Waals surface area contributed by atoms with Crippen LogP contribution in [0.3, 0.4) is 0 Å². The van der Waals surface area contributed by atoms with Crippen molar-refractivity contribution in [2.75, 3.05) is 51.9 Å². The Morgan fingerprint density at radius 1 is 0.484 bits per heavy atom. The Morgan fingerprint density at radius 3 is 1.23 bits per heavy atom. The van der Waals surface area contributed by atoms with Crippen LogP contribution in [-0.2, 0) is 12.8 Å². The summed E-state index contributed by atoms with van der Waals surface area (Å²) >= 11 is 4.13. The number of phenols is 1. The van der Waals surface area contributed by atoms with Gasteiger partial charge in [0.15, 0.2) is 5.96 Å². The van der Waals surface area contributed by atoms with E-state index >= 15 is 0 Å². The van der Waals surface area contributed by atoms with Crippen molar-refractivity contribution in [3.8, 4) is 5.75 Å². The lowest BCUT2D eigenvalue weighted by Gasteiger charge is -2.31. The van der Waals surface area contributed by atoms with Crippen LogP contribution in [0.25, 0.3) is 10.9 Å². The summed E-state index contributed by atoms with van der Waals surface area (Å²) in [5, 5.41) is 84.7. The number of hydrogen-bond donors (Lipinski definition) is 13. The van der Waals surface area contributed by atoms with E-state index in [-0.39, 0.29) is 119 Å². The van der Waals surface area contributed by atoms with Crippen molar-refractivity contribution in [1.82, 2.24) is 4.98 Å². The molecule has 13 nitrogen and oxygen atoms in total. The molecule has 1 aromatic heterocycles. The summed E-state index contributed by atoms with van der Waals surface area (Å²) in [5.74, 6) is 2.64. The van der Waals surface area contributed by atoms with Gasteiger partial charge in [-0.1, -0.05) is 243 Å². The van der Waals surface area contributed by atoms with E-state index in [2.05, 4.69) is 179 Å². The summed E-state index contributed by atoms with van der Waals surface area (Å²) < 4.78 is 0. The molecule has 0 radical (unpaired) electrons. The van der Waals surface area contributed by atoms with Crippen molar-refractivity contribution in [2.45, 2.75) is 197 Å². The highest BCUT2D eigenvalue weighted by atomic mass is 32.1. The zero-order valence-corrected chi connectivity index (χ0v) is 61.7. The molecule has 14 N–H and O–H groups in total. The minimum atomic E-state index is -0.365. The highest BCUT2D eigenvalue weighted by Gasteiger charge is 2.29. The minimum Gasteiger partial charge on any atom is -0.508 e. The SMILES string of the molecule is CC(C(O)c1ccccc1)C(C)(C)C.CC(C)(C)C(CO)CCCN=C(N)N.CC(C)(C)C(CO)CO.CC(C)(C)C(CO)CS.CC(C)(C)C(CO)Cc1c[nH]c2ccccc12.CC(C)(C)C(CO)Cc1ccc(O)cc1.CC(C)(C)CC(O)c1ccccc1. The first-order valence-electron chi connectivity index (χ1n) is 32.9. The predicted molar refractivity (Wildman–Crippen MR) is 390 cm³/mol. The molecule has 0 aliphatic heterocycles. The maximum atomic E-state index is 10.1. The molecule has 0 spiro atoms. The number of aromatic nitrogens is 1. The fraction of sp³-hybridized carbons (Fsp3) is 0.649. The number of aromatic amines is 1. The number of rotatable bonds is 19. The Morgan fingerprint density at radius 2 is 0.879 bits per heavy atom. The number of benzene rings is 4. The number of fused-ring (bicyclic) bond motifs is 1. The molecular formula is C77H134N4O9S. The molecule has 7 atom stereocenters. The van der Waals surface area contributed by atoms with Gasteiger partial charge in [0.1, 0.15) is 5.75 Å². The van der Waals surface area contributed by atoms with Crippen LogP contribution in [0.1, 0.15) is 206 Å². The number of hydrogen-bond acceptors (Lipinski definition) is 11. The number of nitrogens with zero attached hydrogens (tertiary/aromatic N) is 1. The fourth-order valence-corrected chi connectivity index (χ4v) is 9.78. The minimum absolute atomic E-state index is 0.0116. The van der Waals surface area contributed by atoms with Gasteiger partial charge in [0.25, 0.3) is 0 Å². The van der Waals surface area contributed by atoms with Gasteiger partial charge < -0.3 is 62.4 Å². The van der Waals surface area contributed by atoms with E-state index in [9.17, 15) is 25.5 Å². The van der Waals surface area contributed by atoms with Crippen molar-refractivity contribution < 1.29 is 46.0 Å². The molecule has 91 heavy (non-hydrogen) atoms. The number of aliphatic imine (C=N–C) groups is 1. The summed E-state index contributed by atoms with van der Waals surface area (Å²) in [6.07, 6.45) is 5.81. The molecule has 4 aromatic carbocycles. The van der Waals surface area contributed by atoms with Crippen LogP contribution >= 0.6 is 12.6 Å². The van der Waals surface area contributed by atoms with Crippen LogP contribution in [0.5, 0.6) is 5.75 Å². The van der Waals surface area contributed by atoms with E-state index in [0.29, 0.717) is 24.3 Å². The van der Waals surface area contributed by atoms with Gasteiger partial charge in [0, 0.05) is 69.2 Å². The Balaban J connectivity index is 0. The van der Waals surface area contributed by atoms with E-state index < -0.39 is 0 Å². The second-order valence-corrected chi connectivity index (χ2v) is 32.5. The lowest BCUT2D eigenvalue weighted by molar-refractivity contribution is 0.0535. The lowest BCUT2D eigenvalue weighted by Crippen LogP contribution is -2.26. The summed E-state index contributed by atoms with van der Waals surface area (Å²) in [7, 11) is 0. The standard InChI is InChI=1S/C15H21NO.C13H20O2.C13H20O.C12H18O.C10H23N3O.C7H16O2.C7H16OS/c1-15(2,3)12(10-17)8-11-9-16-14-7-5-4-6-13(11)14;1-13(2,3)11(9-14)8-10-4-6-12(15)7-5-10;1-10(13(2,3)4)12(14)11-8-6-5-7-9-11;1-12(2,3)9-11(13)10-7-5-4-6-8-10;1-10(2,3)8(7-14)5-4-6-13-9(11)12;2*1-7(2,3)6(4-8)5-9/h4-7,9,12,16-17H,8,10H2,1-3H3;4-7,11,14-15H,8-9H2,1-3H3;5-10,12,14H,1-4H3;4-8,11,13H,9H2,1-3H3;8,14H,4-7H2,1-3H3,(H4,11,12,13);2*6,8-9H,4-5H2,1-3H3. The normalized spacial score (nSPS) is 14.4. The number of H-pyrrole nitrogens is 1. The van der Waals surface area contributed by atoms with Gasteiger partial charge in [-0.3, -0.25) is 4.99 Å². The monoisotopic (exact) mass is 1290 g/mol. The number of aliphatic hydroxyl groups is 8. The third-order valence-electron chi connectivity index (χ3n) is 17.2. The molecule has 5 rings (SSSR count). The number of nitrogens with two attached hydrogens (primary N) is 2. The molecule has 0 aliphatic rings. The van der Waals surface area contributed by atoms with Crippen molar-refractivity contribution in [3.63, 3.8) is 0 Å². The Labute approximate surface area is 559 Å². The topological polar surface area (TPSA) is 262 Å². The zero-order valence-electron chi connectivity index (χ0n) is 60.9. The first-order chi connectivity index (χ1) is 41.8. The molecule has 0 saturated carbocycles. The molecule has 5 aromatic rings. The van der Waals surface area contributed by atoms with Crippen molar-refractivity contribution >= 4 is 29.5 Å². The maximum absolute atomic E-state index is 10.1. The molecule has 14 heteroatoms. The molecule has 7 unspecified atom stereocenters. The maximum Gasteiger partial charge on any atom is 0.185 e. The lowest BCUT2D eigenvalue weighted by atomic mass is 9.77. The summed E-state index contributed by atoms with van der Waals surface area (Å²) in [5.41, 5.74) is 17.0. The first-order valence-corrected chi connectivity index (χ1v) is 33.5. The second-order valence-electron chi connectivity index (χ2n) is 32.2. The molecule has 0 amide bonds. The van der Waals surface area contributed by atoms with Crippen LogP contribution in [0.2, 0.25) is 0 Å². The van der Waals surface area contributed by atoms with E-state index in [4.69, 9.17) is 31.9 Å². The number of phenolic OH excluding ortho intramolecular Hbond substituents is 1. The van der Waals surface area contributed by atoms with Gasteiger partial charge in [0.2, 0.25) is 0 Å². The summed E-state index contributed by atoms with van der Waals surface area (Å²) in [6, 6.07) is 35.2. The van der Waals surface area contributed by atoms with Crippen LogP contribution < -0.4 is 11.5 Å².